The largest absolute Gasteiger partial charge is 0.493 e. The lowest BCUT2D eigenvalue weighted by Crippen LogP contribution is -2.10. The molecular weight excluding hydrogens is 408 g/mol. The van der Waals surface area contributed by atoms with Crippen LogP contribution in [0.4, 0.5) is 0 Å². The van der Waals surface area contributed by atoms with Gasteiger partial charge in [0.2, 0.25) is 17.2 Å². The van der Waals surface area contributed by atoms with E-state index in [4.69, 9.17) is 32.8 Å². The average molecular weight is 430 g/mol. The van der Waals surface area contributed by atoms with E-state index in [-0.39, 0.29) is 39.7 Å². The molecule has 0 N–H and O–H groups in total. The quantitative estimate of drug-likeness (QED) is 0.412. The highest BCUT2D eigenvalue weighted by Gasteiger charge is 2.28. The first-order valence-corrected chi connectivity index (χ1v) is 9.10. The predicted octanol–water partition coefficient (Wildman–Crippen LogP) is 3.43. The van der Waals surface area contributed by atoms with Gasteiger partial charge < -0.3 is 32.8 Å². The zero-order valence-electron chi connectivity index (χ0n) is 18.0. The number of carbonyl (C=O) groups excluding carboxylic acids is 1. The van der Waals surface area contributed by atoms with Crippen LogP contribution in [-0.2, 0) is 4.79 Å². The van der Waals surface area contributed by atoms with Crippen molar-refractivity contribution in [2.24, 2.45) is 0 Å². The van der Waals surface area contributed by atoms with Gasteiger partial charge >= 0.3 is 5.97 Å². The third kappa shape index (κ3) is 3.81. The van der Waals surface area contributed by atoms with Crippen LogP contribution in [0.2, 0.25) is 0 Å². The van der Waals surface area contributed by atoms with Crippen molar-refractivity contribution in [2.45, 2.75) is 6.92 Å². The molecule has 0 radical (unpaired) electrons. The Balaban J connectivity index is 2.40. The molecule has 0 spiro atoms. The SMILES string of the molecule is COc1ccc(-c2cc(=O)c3c(OC(C)=O)c(OC)c(OC)c(OC)c3o2)cc1OC. The zero-order chi connectivity index (χ0) is 22.7. The topological polar surface area (TPSA) is 103 Å². The summed E-state index contributed by atoms with van der Waals surface area (Å²) < 4.78 is 38.1. The first kappa shape index (κ1) is 21.8. The van der Waals surface area contributed by atoms with Crippen LogP contribution < -0.4 is 33.8 Å². The summed E-state index contributed by atoms with van der Waals surface area (Å²) in [7, 11) is 7.17. The number of rotatable bonds is 7. The van der Waals surface area contributed by atoms with Crippen LogP contribution in [0.15, 0.2) is 33.5 Å². The molecule has 0 unspecified atom stereocenters. The van der Waals surface area contributed by atoms with E-state index >= 15 is 0 Å². The molecule has 0 aliphatic rings. The molecule has 0 amide bonds. The fourth-order valence-corrected chi connectivity index (χ4v) is 3.22. The van der Waals surface area contributed by atoms with E-state index in [2.05, 4.69) is 0 Å². The lowest BCUT2D eigenvalue weighted by Gasteiger charge is -2.18. The van der Waals surface area contributed by atoms with Gasteiger partial charge in [-0.3, -0.25) is 9.59 Å². The molecule has 9 heteroatoms. The molecule has 0 atom stereocenters. The van der Waals surface area contributed by atoms with E-state index in [0.29, 0.717) is 17.1 Å². The molecule has 0 saturated carbocycles. The fraction of sp³-hybridized carbons (Fsp3) is 0.273. The molecule has 0 saturated heterocycles. The van der Waals surface area contributed by atoms with Gasteiger partial charge in [-0.05, 0) is 18.2 Å². The number of benzene rings is 2. The first-order chi connectivity index (χ1) is 14.9. The third-order valence-electron chi connectivity index (χ3n) is 4.53. The summed E-state index contributed by atoms with van der Waals surface area (Å²) in [5.74, 6) is 0.723. The van der Waals surface area contributed by atoms with Crippen LogP contribution in [-0.4, -0.2) is 41.5 Å². The van der Waals surface area contributed by atoms with E-state index in [1.54, 1.807) is 18.2 Å². The monoisotopic (exact) mass is 430 g/mol. The van der Waals surface area contributed by atoms with Crippen molar-refractivity contribution in [1.82, 2.24) is 0 Å². The van der Waals surface area contributed by atoms with Crippen molar-refractivity contribution in [3.63, 3.8) is 0 Å². The molecule has 3 rings (SSSR count). The number of esters is 1. The molecular formula is C22H22O9. The normalized spacial score (nSPS) is 10.5. The number of hydrogen-bond donors (Lipinski definition) is 0. The van der Waals surface area contributed by atoms with Gasteiger partial charge in [-0.25, -0.2) is 0 Å². The number of hydrogen-bond acceptors (Lipinski definition) is 9. The Kier molecular flexibility index (Phi) is 6.24. The van der Waals surface area contributed by atoms with Crippen molar-refractivity contribution < 1.29 is 37.6 Å². The van der Waals surface area contributed by atoms with Crippen LogP contribution in [0.5, 0.6) is 34.5 Å². The second-order valence-electron chi connectivity index (χ2n) is 6.27. The van der Waals surface area contributed by atoms with Crippen molar-refractivity contribution in [3.05, 3.63) is 34.5 Å². The number of fused-ring (bicyclic) bond motifs is 1. The van der Waals surface area contributed by atoms with Gasteiger partial charge in [0.1, 0.15) is 11.1 Å². The van der Waals surface area contributed by atoms with Crippen LogP contribution in [0.25, 0.3) is 22.3 Å². The van der Waals surface area contributed by atoms with E-state index in [1.165, 1.54) is 48.5 Å². The minimum absolute atomic E-state index is 0.0195. The molecule has 1 heterocycles. The van der Waals surface area contributed by atoms with Gasteiger partial charge in [0.05, 0.1) is 35.5 Å². The first-order valence-electron chi connectivity index (χ1n) is 9.10. The Morgan fingerprint density at radius 1 is 0.774 bits per heavy atom. The highest BCUT2D eigenvalue weighted by molar-refractivity contribution is 5.97. The highest BCUT2D eigenvalue weighted by atomic mass is 16.6. The summed E-state index contributed by atoms with van der Waals surface area (Å²) in [6, 6.07) is 6.35. The van der Waals surface area contributed by atoms with Gasteiger partial charge in [-0.1, -0.05) is 0 Å². The van der Waals surface area contributed by atoms with E-state index in [9.17, 15) is 9.59 Å². The maximum atomic E-state index is 13.1. The molecule has 9 nitrogen and oxygen atoms in total. The van der Waals surface area contributed by atoms with Gasteiger partial charge in [0, 0.05) is 18.6 Å². The van der Waals surface area contributed by atoms with Gasteiger partial charge in [-0.15, -0.1) is 0 Å². The molecule has 1 aromatic heterocycles. The molecule has 0 aliphatic heterocycles. The lowest BCUT2D eigenvalue weighted by molar-refractivity contribution is -0.131. The van der Waals surface area contributed by atoms with Gasteiger partial charge in [0.25, 0.3) is 0 Å². The van der Waals surface area contributed by atoms with E-state index < -0.39 is 11.4 Å². The maximum Gasteiger partial charge on any atom is 0.308 e. The number of carbonyl (C=O) groups is 1. The highest BCUT2D eigenvalue weighted by Crippen LogP contribution is 2.50. The van der Waals surface area contributed by atoms with Crippen LogP contribution >= 0.6 is 0 Å². The molecule has 2 aromatic carbocycles. The summed E-state index contributed by atoms with van der Waals surface area (Å²) in [5.41, 5.74) is 0.123. The standard InChI is InChI=1S/C22H22O9/c1-11(23)30-18-17-13(24)10-15(12-7-8-14(25-2)16(9-12)26-3)31-19(17)21(28-5)22(29-6)20(18)27-4/h7-10H,1-6H3. The van der Waals surface area contributed by atoms with Crippen LogP contribution in [0, 0.1) is 0 Å². The second kappa shape index (κ2) is 8.86. The third-order valence-corrected chi connectivity index (χ3v) is 4.53. The summed E-state index contributed by atoms with van der Waals surface area (Å²) in [5, 5.41) is -0.0195. The fourth-order valence-electron chi connectivity index (χ4n) is 3.22. The molecule has 0 aliphatic carbocycles. The van der Waals surface area contributed by atoms with Crippen molar-refractivity contribution in [3.8, 4) is 45.8 Å². The summed E-state index contributed by atoms with van der Waals surface area (Å²) in [6.07, 6.45) is 0. The summed E-state index contributed by atoms with van der Waals surface area (Å²) in [6.45, 7) is 1.21. The lowest BCUT2D eigenvalue weighted by atomic mass is 10.1. The predicted molar refractivity (Wildman–Crippen MR) is 112 cm³/mol. The minimum Gasteiger partial charge on any atom is -0.493 e. The average Bonchev–Trinajstić information content (AvgIpc) is 2.77. The summed E-state index contributed by atoms with van der Waals surface area (Å²) in [4.78, 5) is 24.8. The van der Waals surface area contributed by atoms with Crippen LogP contribution in [0.1, 0.15) is 6.92 Å². The zero-order valence-corrected chi connectivity index (χ0v) is 18.0. The van der Waals surface area contributed by atoms with Gasteiger partial charge in [0.15, 0.2) is 28.3 Å². The van der Waals surface area contributed by atoms with E-state index in [1.807, 2.05) is 0 Å². The van der Waals surface area contributed by atoms with Crippen LogP contribution in [0.3, 0.4) is 0 Å². The smallest absolute Gasteiger partial charge is 0.308 e. The van der Waals surface area contributed by atoms with Crippen molar-refractivity contribution >= 4 is 16.9 Å². The molecule has 0 fully saturated rings. The summed E-state index contributed by atoms with van der Waals surface area (Å²) >= 11 is 0. The molecule has 3 aromatic rings. The number of ether oxygens (including phenoxy) is 6. The van der Waals surface area contributed by atoms with Crippen molar-refractivity contribution in [2.75, 3.05) is 35.5 Å². The number of methoxy groups -OCH3 is 5. The Morgan fingerprint density at radius 2 is 1.39 bits per heavy atom. The maximum absolute atomic E-state index is 13.1. The Hall–Kier alpha value is -3.88. The molecule has 0 bridgehead atoms. The van der Waals surface area contributed by atoms with Crippen molar-refractivity contribution in [1.29, 1.82) is 0 Å². The van der Waals surface area contributed by atoms with Gasteiger partial charge in [-0.2, -0.15) is 0 Å². The Morgan fingerprint density at radius 3 is 1.94 bits per heavy atom. The second-order valence-corrected chi connectivity index (χ2v) is 6.27. The Bertz CT molecular complexity index is 1190. The Labute approximate surface area is 178 Å². The van der Waals surface area contributed by atoms with E-state index in [0.717, 1.165) is 0 Å². The molecule has 164 valence electrons. The minimum atomic E-state index is -0.643. The molecule has 31 heavy (non-hydrogen) atoms.